The summed E-state index contributed by atoms with van der Waals surface area (Å²) < 4.78 is 66.5. The highest BCUT2D eigenvalue weighted by Gasteiger charge is 2.47. The van der Waals surface area contributed by atoms with Crippen LogP contribution in [0.5, 0.6) is 0 Å². The average Bonchev–Trinajstić information content (AvgIpc) is 3.22. The van der Waals surface area contributed by atoms with Crippen molar-refractivity contribution < 1.29 is 36.3 Å². The highest BCUT2D eigenvalue weighted by atomic mass is 32.2. The van der Waals surface area contributed by atoms with Crippen molar-refractivity contribution in [1.29, 1.82) is 0 Å². The molecular formula is C26H28F3N5O5S. The number of nitrogens with one attached hydrogen (secondary N) is 2. The number of anilines is 1. The van der Waals surface area contributed by atoms with Crippen LogP contribution in [0.4, 0.5) is 18.9 Å². The predicted octanol–water partition coefficient (Wildman–Crippen LogP) is 1.98. The number of carbonyl (C=O) groups excluding carboxylic acids is 2. The van der Waals surface area contributed by atoms with Crippen molar-refractivity contribution in [2.24, 2.45) is 10.7 Å². The van der Waals surface area contributed by atoms with Gasteiger partial charge in [-0.25, -0.2) is 8.42 Å². The summed E-state index contributed by atoms with van der Waals surface area (Å²) in [6, 6.07) is 8.26. The quantitative estimate of drug-likeness (QED) is 0.394. The summed E-state index contributed by atoms with van der Waals surface area (Å²) in [5, 5.41) is 15.2. The van der Waals surface area contributed by atoms with Gasteiger partial charge >= 0.3 is 6.18 Å². The van der Waals surface area contributed by atoms with E-state index in [1.165, 1.54) is 22.5 Å². The summed E-state index contributed by atoms with van der Waals surface area (Å²) in [6.45, 7) is 1.22. The number of hydrogen-bond donors (Lipinski definition) is 4. The van der Waals surface area contributed by atoms with E-state index in [0.717, 1.165) is 17.5 Å². The standard InChI is InChI=1S/C26H28F3N5O5S/c1-16-13-20(31-23(36)21(30)15-35)6-5-17(16)7-12-40(38,39)34-10-8-25(9-11-34)24(37)32-22(33-25)18-3-2-4-19(14-18)26(27,28)29/h2-7,12-14,21,35H,8-11,15,30H2,1H3,(H,31,36)(H,32,33,37). The molecule has 4 rings (SSSR count). The van der Waals surface area contributed by atoms with E-state index >= 15 is 0 Å². The van der Waals surface area contributed by atoms with Crippen molar-refractivity contribution in [2.45, 2.75) is 37.5 Å². The fourth-order valence-electron chi connectivity index (χ4n) is 4.45. The maximum Gasteiger partial charge on any atom is 0.416 e. The van der Waals surface area contributed by atoms with E-state index in [4.69, 9.17) is 10.8 Å². The summed E-state index contributed by atoms with van der Waals surface area (Å²) in [5.41, 5.74) is 5.19. The van der Waals surface area contributed by atoms with Gasteiger partial charge in [-0.1, -0.05) is 18.2 Å². The van der Waals surface area contributed by atoms with E-state index in [1.54, 1.807) is 25.1 Å². The Bertz CT molecular complexity index is 1480. The first-order valence-electron chi connectivity index (χ1n) is 12.3. The van der Waals surface area contributed by atoms with E-state index in [1.807, 2.05) is 0 Å². The van der Waals surface area contributed by atoms with Crippen LogP contribution in [0.25, 0.3) is 6.08 Å². The largest absolute Gasteiger partial charge is 0.416 e. The van der Waals surface area contributed by atoms with E-state index in [0.29, 0.717) is 16.8 Å². The molecule has 5 N–H and O–H groups in total. The second-order valence-corrected chi connectivity index (χ2v) is 11.4. The lowest BCUT2D eigenvalue weighted by atomic mass is 9.89. The maximum absolute atomic E-state index is 13.1. The third kappa shape index (κ3) is 6.25. The summed E-state index contributed by atoms with van der Waals surface area (Å²) >= 11 is 0. The zero-order chi connectivity index (χ0) is 29.3. The third-order valence-electron chi connectivity index (χ3n) is 6.84. The second-order valence-electron chi connectivity index (χ2n) is 9.62. The van der Waals surface area contributed by atoms with E-state index in [2.05, 4.69) is 15.6 Å². The molecule has 0 radical (unpaired) electrons. The van der Waals surface area contributed by atoms with Crippen LogP contribution in [0.3, 0.4) is 0 Å². The lowest BCUT2D eigenvalue weighted by Crippen LogP contribution is -2.50. The van der Waals surface area contributed by atoms with Gasteiger partial charge in [0.05, 0.1) is 12.2 Å². The van der Waals surface area contributed by atoms with Crippen LogP contribution in [-0.2, 0) is 25.8 Å². The van der Waals surface area contributed by atoms with Gasteiger partial charge < -0.3 is 21.5 Å². The zero-order valence-corrected chi connectivity index (χ0v) is 22.2. The molecule has 1 atom stereocenters. The SMILES string of the molecule is Cc1cc(NC(=O)C(N)CO)ccc1C=CS(=O)(=O)N1CCC2(CC1)N=C(c1cccc(C(F)(F)F)c1)NC2=O. The number of amidine groups is 1. The molecule has 2 aliphatic rings. The number of alkyl halides is 3. The van der Waals surface area contributed by atoms with Gasteiger partial charge in [0.25, 0.3) is 5.91 Å². The Kier molecular flexibility index (Phi) is 8.17. The van der Waals surface area contributed by atoms with Gasteiger partial charge in [0.15, 0.2) is 0 Å². The molecular weight excluding hydrogens is 551 g/mol. The average molecular weight is 580 g/mol. The van der Waals surface area contributed by atoms with Gasteiger partial charge in [0.2, 0.25) is 15.9 Å². The van der Waals surface area contributed by atoms with Crippen molar-refractivity contribution in [3.8, 4) is 0 Å². The number of nitrogens with zero attached hydrogens (tertiary/aromatic N) is 2. The summed E-state index contributed by atoms with van der Waals surface area (Å²) in [7, 11) is -3.86. The minimum atomic E-state index is -4.55. The number of piperidine rings is 1. The van der Waals surface area contributed by atoms with Crippen molar-refractivity contribution in [3.05, 3.63) is 70.1 Å². The van der Waals surface area contributed by atoms with Crippen molar-refractivity contribution in [2.75, 3.05) is 25.0 Å². The molecule has 214 valence electrons. The van der Waals surface area contributed by atoms with Crippen LogP contribution in [0.1, 0.15) is 35.1 Å². The van der Waals surface area contributed by atoms with E-state index in [-0.39, 0.29) is 37.3 Å². The van der Waals surface area contributed by atoms with Gasteiger partial charge in [0.1, 0.15) is 17.4 Å². The predicted molar refractivity (Wildman–Crippen MR) is 142 cm³/mol. The molecule has 2 heterocycles. The summed E-state index contributed by atoms with van der Waals surface area (Å²) in [5.74, 6) is -1.01. The molecule has 0 aromatic heterocycles. The number of aliphatic hydroxyl groups excluding tert-OH is 1. The van der Waals surface area contributed by atoms with Gasteiger partial charge in [0, 0.05) is 29.7 Å². The molecule has 1 fully saturated rings. The number of benzene rings is 2. The number of rotatable bonds is 7. The first-order chi connectivity index (χ1) is 18.7. The Morgan fingerprint density at radius 1 is 1.25 bits per heavy atom. The topological polar surface area (TPSA) is 154 Å². The van der Waals surface area contributed by atoms with Crippen LogP contribution >= 0.6 is 0 Å². The molecule has 1 spiro atoms. The number of amides is 2. The fourth-order valence-corrected chi connectivity index (χ4v) is 5.63. The molecule has 0 saturated carbocycles. The highest BCUT2D eigenvalue weighted by molar-refractivity contribution is 7.92. The Labute approximate surface area is 228 Å². The second kappa shape index (κ2) is 11.1. The number of carbonyl (C=O) groups is 2. The third-order valence-corrected chi connectivity index (χ3v) is 8.41. The number of nitrogens with two attached hydrogens (primary N) is 1. The van der Waals surface area contributed by atoms with Crippen LogP contribution in [0.2, 0.25) is 0 Å². The fraction of sp³-hybridized carbons (Fsp3) is 0.346. The van der Waals surface area contributed by atoms with Gasteiger partial charge in [-0.2, -0.15) is 17.5 Å². The molecule has 2 aromatic carbocycles. The number of hydrogen-bond acceptors (Lipinski definition) is 7. The number of aliphatic imine (C=N–C) groups is 1. The highest BCUT2D eigenvalue weighted by Crippen LogP contribution is 2.34. The Morgan fingerprint density at radius 2 is 1.95 bits per heavy atom. The molecule has 40 heavy (non-hydrogen) atoms. The van der Waals surface area contributed by atoms with Gasteiger partial charge in [-0.15, -0.1) is 0 Å². The molecule has 0 aliphatic carbocycles. The minimum Gasteiger partial charge on any atom is -0.394 e. The first kappa shape index (κ1) is 29.4. The minimum absolute atomic E-state index is 0.00543. The molecule has 10 nitrogen and oxygen atoms in total. The van der Waals surface area contributed by atoms with Crippen molar-refractivity contribution in [3.63, 3.8) is 0 Å². The normalized spacial score (nSPS) is 18.6. The lowest BCUT2D eigenvalue weighted by Gasteiger charge is -2.34. The van der Waals surface area contributed by atoms with Crippen LogP contribution in [0.15, 0.2) is 52.9 Å². The summed E-state index contributed by atoms with van der Waals surface area (Å²) in [6.07, 6.45) is -2.99. The maximum atomic E-state index is 13.1. The molecule has 1 saturated heterocycles. The summed E-state index contributed by atoms with van der Waals surface area (Å²) in [4.78, 5) is 29.1. The number of sulfonamides is 1. The zero-order valence-electron chi connectivity index (χ0n) is 21.4. The number of aliphatic hydroxyl groups is 1. The van der Waals surface area contributed by atoms with Gasteiger partial charge in [-0.3, -0.25) is 14.6 Å². The Hall–Kier alpha value is -3.59. The van der Waals surface area contributed by atoms with Crippen LogP contribution < -0.4 is 16.4 Å². The molecule has 1 unspecified atom stereocenters. The molecule has 14 heteroatoms. The van der Waals surface area contributed by atoms with E-state index in [9.17, 15) is 31.2 Å². The molecule has 0 bridgehead atoms. The molecule has 2 aromatic rings. The Morgan fingerprint density at radius 3 is 2.58 bits per heavy atom. The first-order valence-corrected chi connectivity index (χ1v) is 13.8. The number of halogens is 3. The van der Waals surface area contributed by atoms with E-state index < -0.39 is 51.8 Å². The monoisotopic (exact) mass is 579 g/mol. The van der Waals surface area contributed by atoms with Crippen molar-refractivity contribution >= 4 is 39.4 Å². The molecule has 2 amide bonds. The Balaban J connectivity index is 1.43. The van der Waals surface area contributed by atoms with Gasteiger partial charge in [-0.05, 0) is 61.2 Å². The van der Waals surface area contributed by atoms with Crippen molar-refractivity contribution in [1.82, 2.24) is 9.62 Å². The number of aryl methyl sites for hydroxylation is 1. The van der Waals surface area contributed by atoms with Crippen LogP contribution in [0, 0.1) is 6.92 Å². The smallest absolute Gasteiger partial charge is 0.394 e. The molecule has 2 aliphatic heterocycles. The van der Waals surface area contributed by atoms with Crippen LogP contribution in [-0.4, -0.2) is 66.8 Å². The lowest BCUT2D eigenvalue weighted by molar-refractivity contribution is -0.137.